The van der Waals surface area contributed by atoms with Crippen LogP contribution in [0.2, 0.25) is 0 Å². The van der Waals surface area contributed by atoms with E-state index < -0.39 is 86.2 Å². The van der Waals surface area contributed by atoms with Gasteiger partial charge in [0.2, 0.25) is 12.6 Å². The fourth-order valence-corrected chi connectivity index (χ4v) is 5.52. The largest absolute Gasteiger partial charge is 0.508 e. The van der Waals surface area contributed by atoms with Crippen LogP contribution >= 0.6 is 0 Å². The topological polar surface area (TPSA) is 264 Å². The average Bonchev–Trinajstić information content (AvgIpc) is 3.10. The van der Waals surface area contributed by atoms with Crippen LogP contribution in [0.25, 0.3) is 17.4 Å². The Balaban J connectivity index is 1.53. The number of hydrogen-bond donors (Lipinski definition) is 8. The van der Waals surface area contributed by atoms with Gasteiger partial charge in [-0.15, -0.1) is 0 Å². The molecule has 2 saturated heterocycles. The predicted octanol–water partition coefficient (Wildman–Crippen LogP) is -1.05. The fourth-order valence-electron chi connectivity index (χ4n) is 5.52. The second kappa shape index (κ2) is 16.2. The molecular weight excluding hydrogens is 680 g/mol. The lowest BCUT2D eigenvalue weighted by molar-refractivity contribution is -0.281. The number of benzene rings is 2. The molecule has 3 heterocycles. The van der Waals surface area contributed by atoms with E-state index in [2.05, 4.69) is 0 Å². The number of rotatable bonds is 11. The summed E-state index contributed by atoms with van der Waals surface area (Å²) >= 11 is 0. The number of aliphatic hydroxyl groups excluding tert-OH is 7. The Morgan fingerprint density at radius 3 is 2.10 bits per heavy atom. The molecule has 8 N–H and O–H groups in total. The summed E-state index contributed by atoms with van der Waals surface area (Å²) < 4.78 is 39.3. The molecule has 17 heteroatoms. The number of phenolic OH excluding ortho intramolecular Hbond substituents is 1. The molecule has 17 nitrogen and oxygen atoms in total. The van der Waals surface area contributed by atoms with Crippen LogP contribution in [-0.2, 0) is 19.0 Å². The van der Waals surface area contributed by atoms with Gasteiger partial charge in [-0.05, 0) is 42.3 Å². The van der Waals surface area contributed by atoms with Crippen LogP contribution in [0, 0.1) is 6.92 Å². The minimum Gasteiger partial charge on any atom is -0.508 e. The molecule has 0 bridgehead atoms. The molecule has 0 unspecified atom stereocenters. The number of carbonyl (C=O) groups excluding carboxylic acids is 1. The number of aryl methyl sites for hydroxylation is 1. The molecule has 0 spiro atoms. The Labute approximate surface area is 289 Å². The van der Waals surface area contributed by atoms with Crippen molar-refractivity contribution in [2.24, 2.45) is 0 Å². The molecular formula is C34H38O17. The van der Waals surface area contributed by atoms with Gasteiger partial charge in [-0.2, -0.15) is 0 Å². The monoisotopic (exact) mass is 718 g/mol. The first-order chi connectivity index (χ1) is 24.3. The maximum absolute atomic E-state index is 12.9. The maximum atomic E-state index is 12.9. The summed E-state index contributed by atoms with van der Waals surface area (Å²) in [5.74, 6) is -1.22. The Kier molecular flexibility index (Phi) is 12.0. The van der Waals surface area contributed by atoms with Crippen molar-refractivity contribution < 1.29 is 78.5 Å². The van der Waals surface area contributed by atoms with E-state index in [1.807, 2.05) is 0 Å². The van der Waals surface area contributed by atoms with E-state index in [1.165, 1.54) is 55.7 Å². The van der Waals surface area contributed by atoms with Gasteiger partial charge in [0.15, 0.2) is 6.10 Å². The van der Waals surface area contributed by atoms with E-state index in [0.29, 0.717) is 11.1 Å². The van der Waals surface area contributed by atoms with E-state index in [9.17, 15) is 50.4 Å². The van der Waals surface area contributed by atoms with Gasteiger partial charge < -0.3 is 73.7 Å². The highest BCUT2D eigenvalue weighted by atomic mass is 16.7. The number of esters is 1. The predicted molar refractivity (Wildman–Crippen MR) is 172 cm³/mol. The highest BCUT2D eigenvalue weighted by molar-refractivity contribution is 5.87. The molecule has 0 radical (unpaired) electrons. The summed E-state index contributed by atoms with van der Waals surface area (Å²) in [4.78, 5) is 25.4. The lowest BCUT2D eigenvalue weighted by atomic mass is 9.98. The first-order valence-corrected chi connectivity index (χ1v) is 15.6. The molecule has 3 aromatic rings. The Morgan fingerprint density at radius 1 is 0.804 bits per heavy atom. The van der Waals surface area contributed by atoms with Crippen molar-refractivity contribution in [2.45, 2.75) is 68.3 Å². The summed E-state index contributed by atoms with van der Waals surface area (Å²) in [5.41, 5.74) is 0.143. The van der Waals surface area contributed by atoms with Gasteiger partial charge in [0.05, 0.1) is 32.0 Å². The molecule has 0 aliphatic carbocycles. The highest BCUT2D eigenvalue weighted by Crippen LogP contribution is 2.40. The van der Waals surface area contributed by atoms with E-state index in [0.717, 1.165) is 12.1 Å². The van der Waals surface area contributed by atoms with Gasteiger partial charge >= 0.3 is 11.6 Å². The average molecular weight is 719 g/mol. The number of aliphatic hydroxyl groups is 7. The molecule has 5 rings (SSSR count). The molecule has 0 amide bonds. The third-order valence-electron chi connectivity index (χ3n) is 8.22. The zero-order chi connectivity index (χ0) is 37.0. The molecule has 1 aromatic heterocycles. The van der Waals surface area contributed by atoms with Crippen LogP contribution in [0.15, 0.2) is 63.8 Å². The SMILES string of the molecule is COc1cc(-c2c(C)cc(O[C@H]3O[C@H](CO)[C@@H](O)[C@H](O)[C@H]3O)cc2O[C@@H]2O[C@@H](CO)[C@H](O)[C@@H](O)[C@@H]2OC(=O)/C=C/c2ccc(O)cc2)oc(=O)c1. The van der Waals surface area contributed by atoms with Crippen molar-refractivity contribution >= 4 is 12.0 Å². The lowest BCUT2D eigenvalue weighted by Crippen LogP contribution is -2.61. The zero-order valence-electron chi connectivity index (χ0n) is 27.2. The van der Waals surface area contributed by atoms with E-state index >= 15 is 0 Å². The Hall–Kier alpha value is -4.56. The summed E-state index contributed by atoms with van der Waals surface area (Å²) in [6.45, 7) is 0.0656. The number of ether oxygens (including phenoxy) is 6. The summed E-state index contributed by atoms with van der Waals surface area (Å²) in [6, 6.07) is 11.0. The van der Waals surface area contributed by atoms with Crippen molar-refractivity contribution in [1.29, 1.82) is 0 Å². The summed E-state index contributed by atoms with van der Waals surface area (Å²) in [5, 5.41) is 81.7. The van der Waals surface area contributed by atoms with Crippen molar-refractivity contribution in [3.05, 3.63) is 76.2 Å². The van der Waals surface area contributed by atoms with Crippen LogP contribution in [0.5, 0.6) is 23.0 Å². The summed E-state index contributed by atoms with van der Waals surface area (Å²) in [7, 11) is 1.33. The van der Waals surface area contributed by atoms with Gasteiger partial charge in [-0.1, -0.05) is 12.1 Å². The first kappa shape index (κ1) is 37.7. The van der Waals surface area contributed by atoms with E-state index in [1.54, 1.807) is 6.92 Å². The normalized spacial score (nSPS) is 29.4. The molecule has 51 heavy (non-hydrogen) atoms. The Morgan fingerprint density at radius 2 is 1.45 bits per heavy atom. The molecule has 10 atom stereocenters. The first-order valence-electron chi connectivity index (χ1n) is 15.6. The highest BCUT2D eigenvalue weighted by Gasteiger charge is 2.48. The number of methoxy groups -OCH3 is 1. The zero-order valence-corrected chi connectivity index (χ0v) is 27.2. The second-order valence-electron chi connectivity index (χ2n) is 11.8. The minimum atomic E-state index is -1.85. The van der Waals surface area contributed by atoms with Crippen LogP contribution in [-0.4, -0.2) is 129 Å². The molecule has 2 aliphatic rings. The van der Waals surface area contributed by atoms with Crippen molar-refractivity contribution in [2.75, 3.05) is 20.3 Å². The lowest BCUT2D eigenvalue weighted by Gasteiger charge is -2.41. The van der Waals surface area contributed by atoms with Gasteiger partial charge in [0, 0.05) is 18.2 Å². The third-order valence-corrected chi connectivity index (χ3v) is 8.22. The standard InChI is InChI=1S/C34H38O17/c1-15-9-19(46-33-31(44)29(42)27(40)22(13-35)49-33)11-21(26(15)20-10-18(45-2)12-25(39)47-20)48-34-32(30(43)28(41)23(14-36)50-34)51-24(38)8-5-16-3-6-17(37)7-4-16/h3-12,22-23,27-37,40-44H,13-14H2,1-2H3/b8-5+/t22-,23+,27-,28+,29+,30-,31-,32+,33+,34-/m1/s1. The van der Waals surface area contributed by atoms with Crippen LogP contribution in [0.4, 0.5) is 0 Å². The maximum Gasteiger partial charge on any atom is 0.339 e. The number of aromatic hydroxyl groups is 1. The third kappa shape index (κ3) is 8.50. The fraction of sp³-hybridized carbons (Fsp3) is 0.412. The van der Waals surface area contributed by atoms with Crippen LogP contribution < -0.4 is 19.8 Å². The Bertz CT molecular complexity index is 1740. The summed E-state index contributed by atoms with van der Waals surface area (Å²) in [6.07, 6.45) is -14.1. The molecule has 0 saturated carbocycles. The molecule has 276 valence electrons. The quantitative estimate of drug-likeness (QED) is 0.0868. The van der Waals surface area contributed by atoms with Crippen molar-refractivity contribution in [1.82, 2.24) is 0 Å². The van der Waals surface area contributed by atoms with Gasteiger partial charge in [0.1, 0.15) is 71.5 Å². The molecule has 2 fully saturated rings. The second-order valence-corrected chi connectivity index (χ2v) is 11.8. The van der Waals surface area contributed by atoms with Gasteiger partial charge in [0.25, 0.3) is 0 Å². The smallest absolute Gasteiger partial charge is 0.339 e. The van der Waals surface area contributed by atoms with Crippen molar-refractivity contribution in [3.8, 4) is 34.3 Å². The van der Waals surface area contributed by atoms with Crippen molar-refractivity contribution in [3.63, 3.8) is 0 Å². The molecule has 2 aliphatic heterocycles. The van der Waals surface area contributed by atoms with E-state index in [-0.39, 0.29) is 34.3 Å². The van der Waals surface area contributed by atoms with Gasteiger partial charge in [-0.25, -0.2) is 9.59 Å². The number of phenols is 1. The number of carbonyl (C=O) groups is 1. The number of hydrogen-bond acceptors (Lipinski definition) is 17. The van der Waals surface area contributed by atoms with Gasteiger partial charge in [-0.3, -0.25) is 0 Å². The molecule has 2 aromatic carbocycles. The van der Waals surface area contributed by atoms with Crippen LogP contribution in [0.3, 0.4) is 0 Å². The minimum absolute atomic E-state index is 0.00936. The van der Waals surface area contributed by atoms with E-state index in [4.69, 9.17) is 32.8 Å². The van der Waals surface area contributed by atoms with Crippen LogP contribution in [0.1, 0.15) is 11.1 Å².